The Morgan fingerprint density at radius 2 is 2.31 bits per heavy atom. The van der Waals surface area contributed by atoms with Crippen molar-refractivity contribution in [3.63, 3.8) is 0 Å². The maximum absolute atomic E-state index is 11.8. The minimum Gasteiger partial charge on any atom is -0.306 e. The first-order valence-electron chi connectivity index (χ1n) is 3.83. The van der Waals surface area contributed by atoms with E-state index in [4.69, 9.17) is 0 Å². The smallest absolute Gasteiger partial charge is 0.250 e. The lowest BCUT2D eigenvalue weighted by molar-refractivity contribution is 0.145. The zero-order valence-corrected chi connectivity index (χ0v) is 9.51. The fraction of sp³-hybridized carbons (Fsp3) is 0.500. The van der Waals surface area contributed by atoms with Gasteiger partial charge in [0.1, 0.15) is 0 Å². The van der Waals surface area contributed by atoms with Gasteiger partial charge in [0, 0.05) is 11.4 Å². The van der Waals surface area contributed by atoms with Crippen LogP contribution in [-0.4, -0.2) is 13.0 Å². The molecule has 0 saturated heterocycles. The van der Waals surface area contributed by atoms with Gasteiger partial charge in [-0.15, -0.1) is 11.3 Å². The number of hydrogen-bond donors (Lipinski definition) is 1. The summed E-state index contributed by atoms with van der Waals surface area (Å²) >= 11 is 4.95. The van der Waals surface area contributed by atoms with Crippen LogP contribution in [0.15, 0.2) is 9.85 Å². The van der Waals surface area contributed by atoms with Crippen LogP contribution >= 0.6 is 27.3 Å². The summed E-state index contributed by atoms with van der Waals surface area (Å²) in [4.78, 5) is 1.07. The quantitative estimate of drug-likeness (QED) is 0.886. The third-order valence-corrected chi connectivity index (χ3v) is 3.64. The predicted molar refractivity (Wildman–Crippen MR) is 54.5 cm³/mol. The van der Waals surface area contributed by atoms with Crippen molar-refractivity contribution in [2.45, 2.75) is 19.9 Å². The third kappa shape index (κ3) is 3.70. The average Bonchev–Trinajstić information content (AvgIpc) is 2.30. The van der Waals surface area contributed by atoms with Gasteiger partial charge in [0.2, 0.25) is 0 Å². The molecule has 1 aromatic heterocycles. The van der Waals surface area contributed by atoms with Crippen molar-refractivity contribution >= 4 is 27.3 Å². The lowest BCUT2D eigenvalue weighted by Crippen LogP contribution is -2.19. The van der Waals surface area contributed by atoms with E-state index >= 15 is 0 Å². The molecule has 1 heterocycles. The molecule has 1 nitrogen and oxygen atoms in total. The van der Waals surface area contributed by atoms with E-state index in [-0.39, 0.29) is 6.54 Å². The summed E-state index contributed by atoms with van der Waals surface area (Å²) in [6.07, 6.45) is -2.27. The number of hydrogen-bond acceptors (Lipinski definition) is 2. The Morgan fingerprint density at radius 1 is 1.62 bits per heavy atom. The van der Waals surface area contributed by atoms with Crippen LogP contribution in [0.4, 0.5) is 8.78 Å². The average molecular weight is 270 g/mol. The minimum atomic E-state index is -2.27. The van der Waals surface area contributed by atoms with Crippen molar-refractivity contribution < 1.29 is 8.78 Å². The number of thiophene rings is 1. The highest BCUT2D eigenvalue weighted by atomic mass is 79.9. The van der Waals surface area contributed by atoms with Gasteiger partial charge in [-0.2, -0.15) is 0 Å². The van der Waals surface area contributed by atoms with E-state index in [0.29, 0.717) is 6.54 Å². The van der Waals surface area contributed by atoms with Crippen LogP contribution in [-0.2, 0) is 6.54 Å². The summed E-state index contributed by atoms with van der Waals surface area (Å²) in [5.41, 5.74) is 1.15. The van der Waals surface area contributed by atoms with Crippen LogP contribution in [0.2, 0.25) is 0 Å². The molecular formula is C8H10BrF2NS. The van der Waals surface area contributed by atoms with E-state index in [0.717, 1.165) is 14.2 Å². The van der Waals surface area contributed by atoms with E-state index in [2.05, 4.69) is 21.2 Å². The second-order valence-electron chi connectivity index (χ2n) is 2.69. The molecule has 0 spiro atoms. The van der Waals surface area contributed by atoms with Crippen molar-refractivity contribution in [1.82, 2.24) is 5.32 Å². The molecule has 0 fully saturated rings. The normalized spacial score (nSPS) is 11.2. The zero-order valence-electron chi connectivity index (χ0n) is 7.11. The molecule has 1 rings (SSSR count). The van der Waals surface area contributed by atoms with Gasteiger partial charge in [0.15, 0.2) is 0 Å². The monoisotopic (exact) mass is 269 g/mol. The largest absolute Gasteiger partial charge is 0.306 e. The summed E-state index contributed by atoms with van der Waals surface area (Å²) in [7, 11) is 0. The van der Waals surface area contributed by atoms with Crippen LogP contribution in [0, 0.1) is 6.92 Å². The summed E-state index contributed by atoms with van der Waals surface area (Å²) in [5.74, 6) is 0. The van der Waals surface area contributed by atoms with Crippen molar-refractivity contribution in [2.75, 3.05) is 6.54 Å². The maximum Gasteiger partial charge on any atom is 0.250 e. The molecule has 0 aliphatic carbocycles. The van der Waals surface area contributed by atoms with Gasteiger partial charge in [-0.25, -0.2) is 8.78 Å². The van der Waals surface area contributed by atoms with Crippen molar-refractivity contribution in [3.05, 3.63) is 20.3 Å². The second-order valence-corrected chi connectivity index (χ2v) is 5.15. The molecular weight excluding hydrogens is 260 g/mol. The van der Waals surface area contributed by atoms with Crippen LogP contribution in [0.5, 0.6) is 0 Å². The topological polar surface area (TPSA) is 12.0 Å². The lowest BCUT2D eigenvalue weighted by atomic mass is 10.3. The van der Waals surface area contributed by atoms with Crippen molar-refractivity contribution in [2.24, 2.45) is 0 Å². The molecule has 0 aromatic carbocycles. The summed E-state index contributed by atoms with van der Waals surface area (Å²) < 4.78 is 24.6. The van der Waals surface area contributed by atoms with Gasteiger partial charge in [-0.1, -0.05) is 0 Å². The van der Waals surface area contributed by atoms with Gasteiger partial charge in [0.05, 0.1) is 10.3 Å². The molecule has 0 aliphatic rings. The number of nitrogens with one attached hydrogen (secondary N) is 1. The standard InChI is InChI=1S/C8H10BrF2NS/c1-5-2-6(13-8(5)9)3-12-4-7(10)11/h2,7,12H,3-4H2,1H3. The van der Waals surface area contributed by atoms with Crippen LogP contribution < -0.4 is 5.32 Å². The van der Waals surface area contributed by atoms with Crippen molar-refractivity contribution in [3.8, 4) is 0 Å². The summed E-state index contributed by atoms with van der Waals surface area (Å²) in [6.45, 7) is 2.26. The second kappa shape index (κ2) is 5.02. The Kier molecular flexibility index (Phi) is 4.28. The molecule has 0 bridgehead atoms. The Balaban J connectivity index is 2.37. The van der Waals surface area contributed by atoms with Gasteiger partial charge < -0.3 is 5.32 Å². The molecule has 0 aliphatic heterocycles. The molecule has 1 N–H and O–H groups in total. The van der Waals surface area contributed by atoms with E-state index in [9.17, 15) is 8.78 Å². The molecule has 74 valence electrons. The van der Waals surface area contributed by atoms with Crippen LogP contribution in [0.3, 0.4) is 0 Å². The molecule has 1 aromatic rings. The first-order chi connectivity index (χ1) is 6.09. The summed E-state index contributed by atoms with van der Waals surface area (Å²) in [6, 6.07) is 1.99. The maximum atomic E-state index is 11.8. The minimum absolute atomic E-state index is 0.242. The van der Waals surface area contributed by atoms with E-state index in [1.807, 2.05) is 13.0 Å². The Labute approximate surface area is 88.3 Å². The molecule has 0 saturated carbocycles. The van der Waals surface area contributed by atoms with Gasteiger partial charge in [-0.3, -0.25) is 0 Å². The fourth-order valence-electron chi connectivity index (χ4n) is 0.915. The molecule has 5 heteroatoms. The molecule has 0 unspecified atom stereocenters. The summed E-state index contributed by atoms with van der Waals surface area (Å²) in [5, 5.41) is 2.68. The first-order valence-corrected chi connectivity index (χ1v) is 5.44. The SMILES string of the molecule is Cc1cc(CNCC(F)F)sc1Br. The van der Waals surface area contributed by atoms with Crippen molar-refractivity contribution in [1.29, 1.82) is 0 Å². The van der Waals surface area contributed by atoms with E-state index < -0.39 is 6.43 Å². The highest BCUT2D eigenvalue weighted by molar-refractivity contribution is 9.11. The molecule has 0 amide bonds. The van der Waals surface area contributed by atoms with Gasteiger partial charge in [0.25, 0.3) is 6.43 Å². The number of rotatable bonds is 4. The third-order valence-electron chi connectivity index (χ3n) is 1.51. The lowest BCUT2D eigenvalue weighted by Gasteiger charge is -2.00. The number of aryl methyl sites for hydroxylation is 1. The number of alkyl halides is 2. The highest BCUT2D eigenvalue weighted by Crippen LogP contribution is 2.26. The molecule has 13 heavy (non-hydrogen) atoms. The Morgan fingerprint density at radius 3 is 2.77 bits per heavy atom. The molecule has 0 atom stereocenters. The zero-order chi connectivity index (χ0) is 9.84. The van der Waals surface area contributed by atoms with E-state index in [1.165, 1.54) is 0 Å². The first kappa shape index (κ1) is 11.1. The van der Waals surface area contributed by atoms with Crippen LogP contribution in [0.1, 0.15) is 10.4 Å². The van der Waals surface area contributed by atoms with Gasteiger partial charge >= 0.3 is 0 Å². The van der Waals surface area contributed by atoms with Gasteiger partial charge in [-0.05, 0) is 34.5 Å². The number of halogens is 3. The fourth-order valence-corrected chi connectivity index (χ4v) is 2.51. The van der Waals surface area contributed by atoms with E-state index in [1.54, 1.807) is 11.3 Å². The molecule has 0 radical (unpaired) electrons. The Bertz CT molecular complexity index is 256. The van der Waals surface area contributed by atoms with Crippen LogP contribution in [0.25, 0.3) is 0 Å². The Hall–Kier alpha value is -0.000000000000000111. The predicted octanol–water partition coefficient (Wildman–Crippen LogP) is 3.17. The highest BCUT2D eigenvalue weighted by Gasteiger charge is 2.04.